The molecule has 0 aromatic carbocycles. The van der Waals surface area contributed by atoms with E-state index >= 15 is 0 Å². The number of carbonyl (C=O) groups is 1. The van der Waals surface area contributed by atoms with Crippen molar-refractivity contribution in [2.75, 3.05) is 39.8 Å². The van der Waals surface area contributed by atoms with Crippen LogP contribution in [-0.2, 0) is 4.79 Å². The van der Waals surface area contributed by atoms with Crippen LogP contribution in [0.5, 0.6) is 0 Å². The molecule has 2 aliphatic heterocycles. The molecule has 0 saturated carbocycles. The maximum Gasteiger partial charge on any atom is 0.222 e. The quantitative estimate of drug-likeness (QED) is 0.744. The minimum atomic E-state index is 0.0838. The molecule has 1 amide bonds. The zero-order valence-corrected chi connectivity index (χ0v) is 11.3. The number of piperidine rings is 1. The number of rotatable bonds is 3. The average Bonchev–Trinajstić information content (AvgIpc) is 2.68. The first-order valence-corrected chi connectivity index (χ1v) is 6.70. The number of amides is 1. The standard InChI is InChI=1S/C13H25N3O/c1-10(2)12(17)15-8-13-7-14-6-11(13)4-5-16(3)9-13/h10-11,14H,4-9H2,1-3H3,(H,15,17). The summed E-state index contributed by atoms with van der Waals surface area (Å²) < 4.78 is 0. The van der Waals surface area contributed by atoms with Crippen LogP contribution in [0.15, 0.2) is 0 Å². The van der Waals surface area contributed by atoms with Crippen molar-refractivity contribution in [3.05, 3.63) is 0 Å². The van der Waals surface area contributed by atoms with Gasteiger partial charge in [0.25, 0.3) is 0 Å². The van der Waals surface area contributed by atoms with Gasteiger partial charge in [-0.05, 0) is 32.5 Å². The summed E-state index contributed by atoms with van der Waals surface area (Å²) in [5.41, 5.74) is 0.261. The van der Waals surface area contributed by atoms with Crippen molar-refractivity contribution in [2.24, 2.45) is 17.3 Å². The molecule has 2 fully saturated rings. The van der Waals surface area contributed by atoms with Crippen LogP contribution in [0.4, 0.5) is 0 Å². The summed E-state index contributed by atoms with van der Waals surface area (Å²) in [4.78, 5) is 14.1. The van der Waals surface area contributed by atoms with Gasteiger partial charge in [0.2, 0.25) is 5.91 Å². The van der Waals surface area contributed by atoms with Gasteiger partial charge >= 0.3 is 0 Å². The molecule has 2 unspecified atom stereocenters. The molecular weight excluding hydrogens is 214 g/mol. The molecule has 2 N–H and O–H groups in total. The molecule has 4 heteroatoms. The Balaban J connectivity index is 1.97. The smallest absolute Gasteiger partial charge is 0.222 e. The Labute approximate surface area is 104 Å². The predicted molar refractivity (Wildman–Crippen MR) is 68.8 cm³/mol. The van der Waals surface area contributed by atoms with E-state index in [1.54, 1.807) is 0 Å². The number of carbonyl (C=O) groups excluding carboxylic acids is 1. The summed E-state index contributed by atoms with van der Waals surface area (Å²) in [6.45, 7) is 9.17. The number of nitrogens with one attached hydrogen (secondary N) is 2. The highest BCUT2D eigenvalue weighted by Crippen LogP contribution is 2.37. The largest absolute Gasteiger partial charge is 0.355 e. The molecule has 0 aromatic heterocycles. The van der Waals surface area contributed by atoms with E-state index in [4.69, 9.17) is 0 Å². The lowest BCUT2D eigenvalue weighted by Crippen LogP contribution is -2.53. The second kappa shape index (κ2) is 4.94. The summed E-state index contributed by atoms with van der Waals surface area (Å²) in [7, 11) is 2.18. The zero-order chi connectivity index (χ0) is 12.5. The van der Waals surface area contributed by atoms with Gasteiger partial charge in [-0.1, -0.05) is 13.8 Å². The van der Waals surface area contributed by atoms with E-state index < -0.39 is 0 Å². The van der Waals surface area contributed by atoms with Gasteiger partial charge in [-0.25, -0.2) is 0 Å². The van der Waals surface area contributed by atoms with Gasteiger partial charge in [-0.3, -0.25) is 4.79 Å². The van der Waals surface area contributed by atoms with Crippen molar-refractivity contribution in [2.45, 2.75) is 20.3 Å². The van der Waals surface area contributed by atoms with Crippen molar-refractivity contribution in [1.29, 1.82) is 0 Å². The van der Waals surface area contributed by atoms with Crippen molar-refractivity contribution in [1.82, 2.24) is 15.5 Å². The number of hydrogen-bond donors (Lipinski definition) is 2. The molecular formula is C13H25N3O. The maximum atomic E-state index is 11.7. The van der Waals surface area contributed by atoms with Gasteiger partial charge in [0, 0.05) is 31.0 Å². The van der Waals surface area contributed by atoms with Crippen LogP contribution in [0, 0.1) is 17.3 Å². The summed E-state index contributed by atoms with van der Waals surface area (Å²) in [5, 5.41) is 6.63. The zero-order valence-electron chi connectivity index (χ0n) is 11.3. The van der Waals surface area contributed by atoms with Gasteiger partial charge in [0.1, 0.15) is 0 Å². The molecule has 0 aliphatic carbocycles. The molecule has 0 bridgehead atoms. The summed E-state index contributed by atoms with van der Waals surface area (Å²) >= 11 is 0. The monoisotopic (exact) mass is 239 g/mol. The van der Waals surface area contributed by atoms with Gasteiger partial charge in [-0.2, -0.15) is 0 Å². The van der Waals surface area contributed by atoms with Crippen molar-refractivity contribution < 1.29 is 4.79 Å². The first-order chi connectivity index (χ1) is 8.03. The van der Waals surface area contributed by atoms with E-state index in [-0.39, 0.29) is 17.2 Å². The van der Waals surface area contributed by atoms with Crippen LogP contribution < -0.4 is 10.6 Å². The van der Waals surface area contributed by atoms with Crippen LogP contribution in [0.25, 0.3) is 0 Å². The third kappa shape index (κ3) is 2.63. The lowest BCUT2D eigenvalue weighted by atomic mass is 9.73. The normalized spacial score (nSPS) is 33.8. The van der Waals surface area contributed by atoms with E-state index in [9.17, 15) is 4.79 Å². The van der Waals surface area contributed by atoms with E-state index in [1.807, 2.05) is 13.8 Å². The second-order valence-corrected chi connectivity index (χ2v) is 6.09. The van der Waals surface area contributed by atoms with Gasteiger partial charge < -0.3 is 15.5 Å². The lowest BCUT2D eigenvalue weighted by molar-refractivity contribution is -0.124. The van der Waals surface area contributed by atoms with Crippen LogP contribution >= 0.6 is 0 Å². The highest BCUT2D eigenvalue weighted by atomic mass is 16.1. The minimum Gasteiger partial charge on any atom is -0.355 e. The number of likely N-dealkylation sites (tertiary alicyclic amines) is 1. The molecule has 98 valence electrons. The fourth-order valence-electron chi connectivity index (χ4n) is 3.17. The Morgan fingerprint density at radius 1 is 1.59 bits per heavy atom. The van der Waals surface area contributed by atoms with Gasteiger partial charge in [0.05, 0.1) is 0 Å². The van der Waals surface area contributed by atoms with Gasteiger partial charge in [0.15, 0.2) is 0 Å². The molecule has 2 rings (SSSR count). The van der Waals surface area contributed by atoms with E-state index in [1.165, 1.54) is 13.0 Å². The number of nitrogens with zero attached hydrogens (tertiary/aromatic N) is 1. The molecule has 0 aromatic rings. The van der Waals surface area contributed by atoms with E-state index in [0.29, 0.717) is 0 Å². The molecule has 2 heterocycles. The molecule has 0 radical (unpaired) electrons. The Hall–Kier alpha value is -0.610. The van der Waals surface area contributed by atoms with Gasteiger partial charge in [-0.15, -0.1) is 0 Å². The highest BCUT2D eigenvalue weighted by molar-refractivity contribution is 5.77. The third-order valence-electron chi connectivity index (χ3n) is 4.32. The Kier molecular flexibility index (Phi) is 3.73. The fraction of sp³-hybridized carbons (Fsp3) is 0.923. The number of fused-ring (bicyclic) bond motifs is 1. The Morgan fingerprint density at radius 3 is 3.06 bits per heavy atom. The second-order valence-electron chi connectivity index (χ2n) is 6.09. The topological polar surface area (TPSA) is 44.4 Å². The molecule has 0 spiro atoms. The minimum absolute atomic E-state index is 0.0838. The Morgan fingerprint density at radius 2 is 2.35 bits per heavy atom. The highest BCUT2D eigenvalue weighted by Gasteiger charge is 2.45. The Bertz CT molecular complexity index is 292. The van der Waals surface area contributed by atoms with Crippen LogP contribution in [0.1, 0.15) is 20.3 Å². The SMILES string of the molecule is CC(C)C(=O)NCC12CNCC1CCN(C)C2. The van der Waals surface area contributed by atoms with Crippen LogP contribution in [0.3, 0.4) is 0 Å². The van der Waals surface area contributed by atoms with E-state index in [2.05, 4.69) is 22.6 Å². The first-order valence-electron chi connectivity index (χ1n) is 6.70. The van der Waals surface area contributed by atoms with Crippen molar-refractivity contribution >= 4 is 5.91 Å². The summed E-state index contributed by atoms with van der Waals surface area (Å²) in [6.07, 6.45) is 1.25. The molecule has 2 aliphatic rings. The molecule has 17 heavy (non-hydrogen) atoms. The lowest BCUT2D eigenvalue weighted by Gasteiger charge is -2.43. The number of hydrogen-bond acceptors (Lipinski definition) is 3. The maximum absolute atomic E-state index is 11.7. The third-order valence-corrected chi connectivity index (χ3v) is 4.32. The van der Waals surface area contributed by atoms with E-state index in [0.717, 1.165) is 32.1 Å². The summed E-state index contributed by atoms with van der Waals surface area (Å²) in [5.74, 6) is 0.991. The molecule has 4 nitrogen and oxygen atoms in total. The van der Waals surface area contributed by atoms with Crippen LogP contribution in [0.2, 0.25) is 0 Å². The van der Waals surface area contributed by atoms with Crippen molar-refractivity contribution in [3.8, 4) is 0 Å². The van der Waals surface area contributed by atoms with Crippen molar-refractivity contribution in [3.63, 3.8) is 0 Å². The average molecular weight is 239 g/mol. The predicted octanol–water partition coefficient (Wildman–Crippen LogP) is 0.300. The molecule has 2 atom stereocenters. The molecule has 2 saturated heterocycles. The fourth-order valence-corrected chi connectivity index (χ4v) is 3.17. The van der Waals surface area contributed by atoms with Crippen LogP contribution in [-0.4, -0.2) is 50.6 Å². The summed E-state index contributed by atoms with van der Waals surface area (Å²) in [6, 6.07) is 0. The first kappa shape index (κ1) is 12.8.